The zero-order valence-electron chi connectivity index (χ0n) is 14.3. The van der Waals surface area contributed by atoms with Gasteiger partial charge in [0.15, 0.2) is 0 Å². The highest BCUT2D eigenvalue weighted by molar-refractivity contribution is 5.78. The Morgan fingerprint density at radius 3 is 2.41 bits per heavy atom. The Balaban J connectivity index is 1.58. The van der Waals surface area contributed by atoms with Crippen LogP contribution in [0, 0.1) is 11.8 Å². The van der Waals surface area contributed by atoms with Crippen molar-refractivity contribution in [1.29, 1.82) is 0 Å². The summed E-state index contributed by atoms with van der Waals surface area (Å²) in [4.78, 5) is 25.9. The molecule has 1 amide bonds. The molecule has 0 aromatic carbocycles. The monoisotopic (exact) mass is 307 g/mol. The number of carbonyl (C=O) groups is 2. The smallest absolute Gasteiger partial charge is 0.222 e. The molecule has 126 valence electrons. The summed E-state index contributed by atoms with van der Waals surface area (Å²) < 4.78 is 0. The SMILES string of the molecule is CCCC(=O)CCCCCC(=O)N1CCC2CCCCC2C1. The Bertz CT molecular complexity index is 366. The Hall–Kier alpha value is -0.860. The van der Waals surface area contributed by atoms with Gasteiger partial charge in [-0.1, -0.05) is 32.6 Å². The van der Waals surface area contributed by atoms with Crippen molar-refractivity contribution < 1.29 is 9.59 Å². The summed E-state index contributed by atoms with van der Waals surface area (Å²) in [6.45, 7) is 4.04. The van der Waals surface area contributed by atoms with Crippen molar-refractivity contribution in [2.24, 2.45) is 11.8 Å². The first-order chi connectivity index (χ1) is 10.7. The van der Waals surface area contributed by atoms with E-state index in [9.17, 15) is 9.59 Å². The number of hydrogen-bond acceptors (Lipinski definition) is 2. The maximum absolute atomic E-state index is 12.3. The van der Waals surface area contributed by atoms with E-state index >= 15 is 0 Å². The van der Waals surface area contributed by atoms with Crippen LogP contribution >= 0.6 is 0 Å². The van der Waals surface area contributed by atoms with Gasteiger partial charge in [0.1, 0.15) is 5.78 Å². The molecular weight excluding hydrogens is 274 g/mol. The van der Waals surface area contributed by atoms with Crippen LogP contribution in [0.2, 0.25) is 0 Å². The molecule has 0 spiro atoms. The predicted molar refractivity (Wildman–Crippen MR) is 89.6 cm³/mol. The number of ketones is 1. The molecule has 1 heterocycles. The summed E-state index contributed by atoms with van der Waals surface area (Å²) in [6, 6.07) is 0. The first kappa shape index (κ1) is 17.5. The van der Waals surface area contributed by atoms with Crippen LogP contribution in [0.4, 0.5) is 0 Å². The molecular formula is C19H33NO2. The van der Waals surface area contributed by atoms with E-state index in [1.54, 1.807) is 0 Å². The number of Topliss-reactive ketones (excluding diaryl/α,β-unsaturated/α-hetero) is 1. The molecule has 2 fully saturated rings. The number of piperidine rings is 1. The van der Waals surface area contributed by atoms with Crippen molar-refractivity contribution in [2.45, 2.75) is 84.0 Å². The highest BCUT2D eigenvalue weighted by Gasteiger charge is 2.32. The minimum absolute atomic E-state index is 0.351. The first-order valence-corrected chi connectivity index (χ1v) is 9.50. The maximum atomic E-state index is 12.3. The largest absolute Gasteiger partial charge is 0.342 e. The minimum atomic E-state index is 0.351. The van der Waals surface area contributed by atoms with Gasteiger partial charge < -0.3 is 4.90 Å². The lowest BCUT2D eigenvalue weighted by atomic mass is 9.75. The number of unbranched alkanes of at least 4 members (excludes halogenated alkanes) is 2. The number of fused-ring (bicyclic) bond motifs is 1. The van der Waals surface area contributed by atoms with E-state index in [0.717, 1.165) is 57.0 Å². The third kappa shape index (κ3) is 5.40. The van der Waals surface area contributed by atoms with Gasteiger partial charge >= 0.3 is 0 Å². The quantitative estimate of drug-likeness (QED) is 0.625. The molecule has 2 unspecified atom stereocenters. The first-order valence-electron chi connectivity index (χ1n) is 9.50. The molecule has 0 N–H and O–H groups in total. The molecule has 1 saturated carbocycles. The van der Waals surface area contributed by atoms with Crippen LogP contribution in [0.5, 0.6) is 0 Å². The Morgan fingerprint density at radius 2 is 1.64 bits per heavy atom. The van der Waals surface area contributed by atoms with Gasteiger partial charge in [-0.3, -0.25) is 9.59 Å². The molecule has 1 aliphatic heterocycles. The van der Waals surface area contributed by atoms with E-state index in [4.69, 9.17) is 0 Å². The number of rotatable bonds is 8. The lowest BCUT2D eigenvalue weighted by molar-refractivity contribution is -0.134. The third-order valence-corrected chi connectivity index (χ3v) is 5.52. The van der Waals surface area contributed by atoms with Crippen LogP contribution < -0.4 is 0 Å². The molecule has 0 radical (unpaired) electrons. The van der Waals surface area contributed by atoms with Gasteiger partial charge in [-0.25, -0.2) is 0 Å². The Kier molecular flexibility index (Phi) is 7.41. The van der Waals surface area contributed by atoms with E-state index in [1.807, 2.05) is 6.92 Å². The normalized spacial score (nSPS) is 24.9. The fraction of sp³-hybridized carbons (Fsp3) is 0.895. The highest BCUT2D eigenvalue weighted by atomic mass is 16.2. The number of nitrogens with zero attached hydrogens (tertiary/aromatic N) is 1. The number of likely N-dealkylation sites (tertiary alicyclic amines) is 1. The van der Waals surface area contributed by atoms with Crippen molar-refractivity contribution in [1.82, 2.24) is 4.90 Å². The van der Waals surface area contributed by atoms with Crippen molar-refractivity contribution in [3.8, 4) is 0 Å². The van der Waals surface area contributed by atoms with E-state index in [-0.39, 0.29) is 0 Å². The summed E-state index contributed by atoms with van der Waals surface area (Å²) in [7, 11) is 0. The molecule has 2 rings (SSSR count). The van der Waals surface area contributed by atoms with Crippen LogP contribution in [-0.4, -0.2) is 29.7 Å². The van der Waals surface area contributed by atoms with Gasteiger partial charge in [0.2, 0.25) is 5.91 Å². The molecule has 2 atom stereocenters. The van der Waals surface area contributed by atoms with Crippen LogP contribution in [-0.2, 0) is 9.59 Å². The number of hydrogen-bond donors (Lipinski definition) is 0. The number of amides is 1. The van der Waals surface area contributed by atoms with Gasteiger partial charge in [0, 0.05) is 32.4 Å². The summed E-state index contributed by atoms with van der Waals surface area (Å²) in [5.41, 5.74) is 0. The molecule has 3 nitrogen and oxygen atoms in total. The standard InChI is InChI=1S/C19H33NO2/c1-2-8-18(21)11-4-3-5-12-19(22)20-14-13-16-9-6-7-10-17(16)15-20/h16-17H,2-15H2,1H3. The zero-order chi connectivity index (χ0) is 15.8. The van der Waals surface area contributed by atoms with Gasteiger partial charge in [-0.15, -0.1) is 0 Å². The maximum Gasteiger partial charge on any atom is 0.222 e. The molecule has 3 heteroatoms. The summed E-state index contributed by atoms with van der Waals surface area (Å²) in [5, 5.41) is 0. The Labute approximate surface area is 135 Å². The lowest BCUT2D eigenvalue weighted by Gasteiger charge is -2.41. The third-order valence-electron chi connectivity index (χ3n) is 5.52. The van der Waals surface area contributed by atoms with Crippen molar-refractivity contribution in [3.63, 3.8) is 0 Å². The molecule has 1 saturated heterocycles. The van der Waals surface area contributed by atoms with E-state index in [2.05, 4.69) is 4.90 Å². The van der Waals surface area contributed by atoms with Crippen LogP contribution in [0.3, 0.4) is 0 Å². The number of carbonyl (C=O) groups excluding carboxylic acids is 2. The molecule has 0 aromatic rings. The Morgan fingerprint density at radius 1 is 0.909 bits per heavy atom. The molecule has 22 heavy (non-hydrogen) atoms. The minimum Gasteiger partial charge on any atom is -0.342 e. The van der Waals surface area contributed by atoms with Crippen LogP contribution in [0.15, 0.2) is 0 Å². The van der Waals surface area contributed by atoms with E-state index in [0.29, 0.717) is 24.5 Å². The molecule has 2 aliphatic rings. The van der Waals surface area contributed by atoms with Gasteiger partial charge in [-0.2, -0.15) is 0 Å². The van der Waals surface area contributed by atoms with Gasteiger partial charge in [0.05, 0.1) is 0 Å². The average Bonchev–Trinajstić information content (AvgIpc) is 2.54. The zero-order valence-corrected chi connectivity index (χ0v) is 14.3. The van der Waals surface area contributed by atoms with Gasteiger partial charge in [0.25, 0.3) is 0 Å². The highest BCUT2D eigenvalue weighted by Crippen LogP contribution is 2.36. The second-order valence-corrected chi connectivity index (χ2v) is 7.28. The summed E-state index contributed by atoms with van der Waals surface area (Å²) in [5.74, 6) is 2.40. The second-order valence-electron chi connectivity index (χ2n) is 7.28. The predicted octanol–water partition coefficient (Wildman–Crippen LogP) is 4.34. The van der Waals surface area contributed by atoms with Crippen molar-refractivity contribution in [3.05, 3.63) is 0 Å². The summed E-state index contributed by atoms with van der Waals surface area (Å²) in [6.07, 6.45) is 12.7. The lowest BCUT2D eigenvalue weighted by Crippen LogP contribution is -2.44. The fourth-order valence-electron chi connectivity index (χ4n) is 4.16. The second kappa shape index (κ2) is 9.32. The van der Waals surface area contributed by atoms with Crippen LogP contribution in [0.1, 0.15) is 84.0 Å². The van der Waals surface area contributed by atoms with Crippen molar-refractivity contribution >= 4 is 11.7 Å². The molecule has 0 aromatic heterocycles. The van der Waals surface area contributed by atoms with E-state index < -0.39 is 0 Å². The summed E-state index contributed by atoms with van der Waals surface area (Å²) >= 11 is 0. The van der Waals surface area contributed by atoms with Gasteiger partial charge in [-0.05, 0) is 43.9 Å². The van der Waals surface area contributed by atoms with Crippen molar-refractivity contribution in [2.75, 3.05) is 13.1 Å². The van der Waals surface area contributed by atoms with Crippen LogP contribution in [0.25, 0.3) is 0 Å². The molecule has 1 aliphatic carbocycles. The molecule has 0 bridgehead atoms. The van der Waals surface area contributed by atoms with E-state index in [1.165, 1.54) is 32.1 Å². The average molecular weight is 307 g/mol. The fourth-order valence-corrected chi connectivity index (χ4v) is 4.16. The topological polar surface area (TPSA) is 37.4 Å².